The lowest BCUT2D eigenvalue weighted by atomic mass is 10.2. The molecule has 17 heavy (non-hydrogen) atoms. The van der Waals surface area contributed by atoms with Crippen LogP contribution in [-0.4, -0.2) is 54.2 Å². The van der Waals surface area contributed by atoms with Gasteiger partial charge in [-0.25, -0.2) is 4.79 Å². The minimum Gasteiger partial charge on any atom is -0.447 e. The molecule has 1 amide bonds. The minimum atomic E-state index is -0.246. The number of rotatable bonds is 3. The largest absolute Gasteiger partial charge is 0.447 e. The van der Waals surface area contributed by atoms with Crippen LogP contribution in [0.2, 0.25) is 0 Å². The van der Waals surface area contributed by atoms with Crippen molar-refractivity contribution in [2.24, 2.45) is 0 Å². The number of hydrogen-bond donors (Lipinski definition) is 0. The molecule has 1 heterocycles. The van der Waals surface area contributed by atoms with Gasteiger partial charge in [-0.2, -0.15) is 5.26 Å². The van der Waals surface area contributed by atoms with Crippen LogP contribution in [-0.2, 0) is 4.74 Å². The van der Waals surface area contributed by atoms with E-state index in [9.17, 15) is 4.79 Å². The highest BCUT2D eigenvalue weighted by atomic mass is 16.6. The summed E-state index contributed by atoms with van der Waals surface area (Å²) in [5.41, 5.74) is 0. The normalized spacial score (nSPS) is 18.9. The van der Waals surface area contributed by atoms with Crippen molar-refractivity contribution in [1.82, 2.24) is 9.80 Å². The molecule has 0 aromatic heterocycles. The Morgan fingerprint density at radius 1 is 1.35 bits per heavy atom. The molecule has 1 fully saturated rings. The summed E-state index contributed by atoms with van der Waals surface area (Å²) in [4.78, 5) is 15.5. The summed E-state index contributed by atoms with van der Waals surface area (Å²) in [6.07, 6.45) is 0.500. The maximum Gasteiger partial charge on any atom is 0.410 e. The molecule has 0 N–H and O–H groups in total. The summed E-state index contributed by atoms with van der Waals surface area (Å²) < 4.78 is 5.14. The van der Waals surface area contributed by atoms with E-state index in [1.54, 1.807) is 4.90 Å². The third kappa shape index (κ3) is 3.90. The van der Waals surface area contributed by atoms with Crippen LogP contribution in [0, 0.1) is 11.3 Å². The second-order valence-electron chi connectivity index (χ2n) is 4.51. The van der Waals surface area contributed by atoms with Gasteiger partial charge in [0.05, 0.1) is 18.2 Å². The number of piperazine rings is 1. The Balaban J connectivity index is 2.40. The smallest absolute Gasteiger partial charge is 0.410 e. The van der Waals surface area contributed by atoms with Crippen LogP contribution in [0.1, 0.15) is 27.2 Å². The van der Waals surface area contributed by atoms with Crippen molar-refractivity contribution in [2.45, 2.75) is 39.3 Å². The van der Waals surface area contributed by atoms with Crippen molar-refractivity contribution in [3.05, 3.63) is 0 Å². The standard InChI is InChI=1S/C12H21N3O2/c1-4-11(9-13)14-5-7-15(8-6-14)12(16)17-10(2)3/h10-11H,4-8H2,1-3H3. The average Bonchev–Trinajstić information content (AvgIpc) is 2.30. The van der Waals surface area contributed by atoms with Gasteiger partial charge in [0.1, 0.15) is 0 Å². The Labute approximate surface area is 103 Å². The van der Waals surface area contributed by atoms with E-state index in [2.05, 4.69) is 11.0 Å². The van der Waals surface area contributed by atoms with Crippen molar-refractivity contribution in [3.63, 3.8) is 0 Å². The quantitative estimate of drug-likeness (QED) is 0.748. The van der Waals surface area contributed by atoms with Crippen LogP contribution < -0.4 is 0 Å². The van der Waals surface area contributed by atoms with E-state index < -0.39 is 0 Å². The summed E-state index contributed by atoms with van der Waals surface area (Å²) in [6.45, 7) is 8.48. The number of hydrogen-bond acceptors (Lipinski definition) is 4. The minimum absolute atomic E-state index is 0.0294. The van der Waals surface area contributed by atoms with Gasteiger partial charge in [-0.3, -0.25) is 4.90 Å². The van der Waals surface area contributed by atoms with Gasteiger partial charge in [-0.05, 0) is 20.3 Å². The number of carbonyl (C=O) groups is 1. The molecular weight excluding hydrogens is 218 g/mol. The molecule has 0 spiro atoms. The Morgan fingerprint density at radius 2 is 1.94 bits per heavy atom. The van der Waals surface area contributed by atoms with E-state index in [4.69, 9.17) is 10.00 Å². The molecule has 96 valence electrons. The summed E-state index contributed by atoms with van der Waals surface area (Å²) >= 11 is 0. The molecule has 5 nitrogen and oxygen atoms in total. The van der Waals surface area contributed by atoms with Crippen LogP contribution in [0.3, 0.4) is 0 Å². The fourth-order valence-electron chi connectivity index (χ4n) is 1.92. The van der Waals surface area contributed by atoms with Gasteiger partial charge in [0.15, 0.2) is 0 Å². The van der Waals surface area contributed by atoms with Crippen molar-refractivity contribution < 1.29 is 9.53 Å². The molecular formula is C12H21N3O2. The molecule has 0 bridgehead atoms. The lowest BCUT2D eigenvalue weighted by molar-refractivity contribution is 0.0526. The SMILES string of the molecule is CCC(C#N)N1CCN(C(=O)OC(C)C)CC1. The Bertz CT molecular complexity index is 291. The zero-order valence-electron chi connectivity index (χ0n) is 10.8. The van der Waals surface area contributed by atoms with Crippen LogP contribution in [0.15, 0.2) is 0 Å². The predicted octanol–water partition coefficient (Wildman–Crippen LogP) is 1.45. The third-order valence-electron chi connectivity index (χ3n) is 2.89. The molecule has 0 aromatic rings. The lowest BCUT2D eigenvalue weighted by Gasteiger charge is -2.36. The topological polar surface area (TPSA) is 56.6 Å². The van der Waals surface area contributed by atoms with Crippen molar-refractivity contribution in [3.8, 4) is 6.07 Å². The molecule has 1 aliphatic heterocycles. The van der Waals surface area contributed by atoms with Gasteiger partial charge in [0.25, 0.3) is 0 Å². The van der Waals surface area contributed by atoms with Crippen LogP contribution in [0.5, 0.6) is 0 Å². The Morgan fingerprint density at radius 3 is 2.35 bits per heavy atom. The van der Waals surface area contributed by atoms with Crippen molar-refractivity contribution in [1.29, 1.82) is 5.26 Å². The first kappa shape index (κ1) is 13.8. The lowest BCUT2D eigenvalue weighted by Crippen LogP contribution is -2.51. The van der Waals surface area contributed by atoms with Crippen molar-refractivity contribution >= 4 is 6.09 Å². The van der Waals surface area contributed by atoms with E-state index in [1.807, 2.05) is 20.8 Å². The predicted molar refractivity (Wildman–Crippen MR) is 64.5 cm³/mol. The molecule has 0 radical (unpaired) electrons. The molecule has 1 unspecified atom stereocenters. The van der Waals surface area contributed by atoms with Gasteiger partial charge in [0.2, 0.25) is 0 Å². The van der Waals surface area contributed by atoms with E-state index in [0.717, 1.165) is 19.5 Å². The second kappa shape index (κ2) is 6.45. The maximum absolute atomic E-state index is 11.6. The summed E-state index contributed by atoms with van der Waals surface area (Å²) in [5, 5.41) is 8.98. The molecule has 1 saturated heterocycles. The third-order valence-corrected chi connectivity index (χ3v) is 2.89. The number of carbonyl (C=O) groups excluding carboxylic acids is 1. The summed E-state index contributed by atoms with van der Waals surface area (Å²) in [5.74, 6) is 0. The van der Waals surface area contributed by atoms with E-state index in [0.29, 0.717) is 13.1 Å². The molecule has 5 heteroatoms. The fourth-order valence-corrected chi connectivity index (χ4v) is 1.92. The van der Waals surface area contributed by atoms with E-state index in [1.165, 1.54) is 0 Å². The highest BCUT2D eigenvalue weighted by molar-refractivity contribution is 5.67. The second-order valence-corrected chi connectivity index (χ2v) is 4.51. The van der Waals surface area contributed by atoms with Crippen LogP contribution in [0.25, 0.3) is 0 Å². The first-order valence-electron chi connectivity index (χ1n) is 6.17. The zero-order chi connectivity index (χ0) is 12.8. The van der Waals surface area contributed by atoms with Gasteiger partial charge in [-0.15, -0.1) is 0 Å². The number of amides is 1. The van der Waals surface area contributed by atoms with Crippen LogP contribution >= 0.6 is 0 Å². The molecule has 0 saturated carbocycles. The highest BCUT2D eigenvalue weighted by Crippen LogP contribution is 2.10. The van der Waals surface area contributed by atoms with Gasteiger partial charge >= 0.3 is 6.09 Å². The monoisotopic (exact) mass is 239 g/mol. The van der Waals surface area contributed by atoms with E-state index >= 15 is 0 Å². The molecule has 1 rings (SSSR count). The Kier molecular flexibility index (Phi) is 5.23. The summed E-state index contributed by atoms with van der Waals surface area (Å²) in [6, 6.07) is 2.26. The molecule has 1 atom stereocenters. The maximum atomic E-state index is 11.6. The van der Waals surface area contributed by atoms with Crippen LogP contribution in [0.4, 0.5) is 4.79 Å². The first-order valence-corrected chi connectivity index (χ1v) is 6.17. The number of ether oxygens (including phenoxy) is 1. The highest BCUT2D eigenvalue weighted by Gasteiger charge is 2.26. The molecule has 0 aliphatic carbocycles. The number of nitriles is 1. The van der Waals surface area contributed by atoms with Gasteiger partial charge in [-0.1, -0.05) is 6.92 Å². The average molecular weight is 239 g/mol. The molecule has 1 aliphatic rings. The first-order chi connectivity index (χ1) is 8.08. The molecule has 0 aromatic carbocycles. The summed E-state index contributed by atoms with van der Waals surface area (Å²) in [7, 11) is 0. The van der Waals surface area contributed by atoms with Gasteiger partial charge < -0.3 is 9.64 Å². The fraction of sp³-hybridized carbons (Fsp3) is 0.833. The van der Waals surface area contributed by atoms with Crippen molar-refractivity contribution in [2.75, 3.05) is 26.2 Å². The van der Waals surface area contributed by atoms with Gasteiger partial charge in [0, 0.05) is 26.2 Å². The Hall–Kier alpha value is -1.28. The zero-order valence-corrected chi connectivity index (χ0v) is 10.8. The van der Waals surface area contributed by atoms with E-state index in [-0.39, 0.29) is 18.2 Å². The number of nitrogens with zero attached hydrogens (tertiary/aromatic N) is 3.